The molecule has 22 heavy (non-hydrogen) atoms. The Balaban J connectivity index is 0.000000131. The molecule has 0 aliphatic heterocycles. The van der Waals surface area contributed by atoms with Crippen LogP contribution in [0.4, 0.5) is 11.4 Å². The molecule has 4 heteroatoms. The summed E-state index contributed by atoms with van der Waals surface area (Å²) in [6, 6.07) is 19.3. The molecule has 0 bridgehead atoms. The number of anilines is 2. The van der Waals surface area contributed by atoms with Crippen molar-refractivity contribution in [2.75, 3.05) is 11.5 Å². The highest BCUT2D eigenvalue weighted by Gasteiger charge is 1.95. The Bertz CT molecular complexity index is 831. The van der Waals surface area contributed by atoms with Crippen LogP contribution in [0.15, 0.2) is 73.1 Å². The number of aromatic nitrogens is 2. The van der Waals surface area contributed by atoms with Crippen LogP contribution in [0.25, 0.3) is 21.8 Å². The van der Waals surface area contributed by atoms with Gasteiger partial charge >= 0.3 is 0 Å². The fourth-order valence-electron chi connectivity index (χ4n) is 2.24. The van der Waals surface area contributed by atoms with E-state index in [1.165, 1.54) is 0 Å². The van der Waals surface area contributed by atoms with Crippen LogP contribution in [0.3, 0.4) is 0 Å². The van der Waals surface area contributed by atoms with Crippen molar-refractivity contribution in [2.45, 2.75) is 0 Å². The van der Waals surface area contributed by atoms with Crippen molar-refractivity contribution >= 4 is 33.2 Å². The lowest BCUT2D eigenvalue weighted by atomic mass is 10.2. The van der Waals surface area contributed by atoms with E-state index in [1.807, 2.05) is 60.7 Å². The SMILES string of the molecule is Nc1ccnc2ccccc12.Nc1ccnc2ccccc12. The number of rotatable bonds is 0. The van der Waals surface area contributed by atoms with Crippen molar-refractivity contribution in [2.24, 2.45) is 0 Å². The van der Waals surface area contributed by atoms with E-state index in [1.54, 1.807) is 12.4 Å². The highest BCUT2D eigenvalue weighted by atomic mass is 14.7. The first-order valence-corrected chi connectivity index (χ1v) is 6.94. The Morgan fingerprint density at radius 2 is 0.955 bits per heavy atom. The Labute approximate surface area is 128 Å². The molecule has 0 saturated carbocycles. The van der Waals surface area contributed by atoms with Gasteiger partial charge in [-0.15, -0.1) is 0 Å². The molecule has 2 heterocycles. The molecule has 0 radical (unpaired) electrons. The van der Waals surface area contributed by atoms with Crippen LogP contribution < -0.4 is 11.5 Å². The molecule has 0 saturated heterocycles. The molecule has 0 fully saturated rings. The quantitative estimate of drug-likeness (QED) is 0.518. The number of nitrogens with two attached hydrogens (primary N) is 2. The summed E-state index contributed by atoms with van der Waals surface area (Å²) in [5, 5.41) is 2.05. The van der Waals surface area contributed by atoms with Crippen molar-refractivity contribution in [3.63, 3.8) is 0 Å². The van der Waals surface area contributed by atoms with Crippen LogP contribution in [0, 0.1) is 0 Å². The number of pyridine rings is 2. The van der Waals surface area contributed by atoms with Gasteiger partial charge in [-0.25, -0.2) is 0 Å². The van der Waals surface area contributed by atoms with Crippen LogP contribution in [0.1, 0.15) is 0 Å². The van der Waals surface area contributed by atoms with Gasteiger partial charge in [-0.1, -0.05) is 36.4 Å². The van der Waals surface area contributed by atoms with E-state index in [2.05, 4.69) is 9.97 Å². The van der Waals surface area contributed by atoms with Gasteiger partial charge < -0.3 is 11.5 Å². The number of nitrogen functional groups attached to an aromatic ring is 2. The standard InChI is InChI=1S/2C9H8N2/c2*10-8-5-6-11-9-4-2-1-3-7(8)9/h2*1-6H,(H2,10,11). The van der Waals surface area contributed by atoms with Gasteiger partial charge in [0.1, 0.15) is 0 Å². The van der Waals surface area contributed by atoms with E-state index in [-0.39, 0.29) is 0 Å². The molecule has 0 aliphatic carbocycles. The summed E-state index contributed by atoms with van der Waals surface area (Å²) in [5.41, 5.74) is 14.9. The fourth-order valence-corrected chi connectivity index (χ4v) is 2.24. The normalized spacial score (nSPS) is 10.2. The molecule has 0 aliphatic rings. The molecule has 4 nitrogen and oxygen atoms in total. The smallest absolute Gasteiger partial charge is 0.0722 e. The zero-order valence-electron chi connectivity index (χ0n) is 12.0. The minimum absolute atomic E-state index is 0.788. The van der Waals surface area contributed by atoms with Gasteiger partial charge in [-0.2, -0.15) is 0 Å². The number of hydrogen-bond donors (Lipinski definition) is 2. The summed E-state index contributed by atoms with van der Waals surface area (Å²) < 4.78 is 0. The monoisotopic (exact) mass is 288 g/mol. The number of nitrogens with zero attached hydrogens (tertiary/aromatic N) is 2. The number of para-hydroxylation sites is 2. The lowest BCUT2D eigenvalue weighted by Gasteiger charge is -1.97. The van der Waals surface area contributed by atoms with Crippen molar-refractivity contribution in [1.82, 2.24) is 9.97 Å². The molecule has 4 N–H and O–H groups in total. The van der Waals surface area contributed by atoms with Gasteiger partial charge in [-0.3, -0.25) is 9.97 Å². The molecule has 108 valence electrons. The van der Waals surface area contributed by atoms with Crippen LogP contribution in [-0.4, -0.2) is 9.97 Å². The van der Waals surface area contributed by atoms with Crippen LogP contribution in [-0.2, 0) is 0 Å². The maximum atomic E-state index is 5.72. The first-order valence-electron chi connectivity index (χ1n) is 6.94. The Morgan fingerprint density at radius 1 is 0.545 bits per heavy atom. The third-order valence-corrected chi connectivity index (χ3v) is 3.37. The van der Waals surface area contributed by atoms with Gasteiger partial charge in [0.15, 0.2) is 0 Å². The first kappa shape index (κ1) is 13.8. The predicted octanol–water partition coefficient (Wildman–Crippen LogP) is 3.63. The zero-order chi connectivity index (χ0) is 15.4. The summed E-state index contributed by atoms with van der Waals surface area (Å²) in [6.45, 7) is 0. The second-order valence-electron chi connectivity index (χ2n) is 4.83. The highest BCUT2D eigenvalue weighted by Crippen LogP contribution is 2.17. The van der Waals surface area contributed by atoms with E-state index in [0.29, 0.717) is 0 Å². The van der Waals surface area contributed by atoms with E-state index >= 15 is 0 Å². The van der Waals surface area contributed by atoms with Gasteiger partial charge in [0.2, 0.25) is 0 Å². The summed E-state index contributed by atoms with van der Waals surface area (Å²) in [5.74, 6) is 0. The molecular weight excluding hydrogens is 272 g/mol. The third-order valence-electron chi connectivity index (χ3n) is 3.37. The van der Waals surface area contributed by atoms with E-state index in [4.69, 9.17) is 11.5 Å². The van der Waals surface area contributed by atoms with Gasteiger partial charge in [-0.05, 0) is 24.3 Å². The third kappa shape index (κ3) is 2.81. The van der Waals surface area contributed by atoms with Gasteiger partial charge in [0.25, 0.3) is 0 Å². The van der Waals surface area contributed by atoms with Crippen molar-refractivity contribution < 1.29 is 0 Å². The van der Waals surface area contributed by atoms with Gasteiger partial charge in [0.05, 0.1) is 11.0 Å². The molecule has 0 spiro atoms. The Kier molecular flexibility index (Phi) is 3.83. The Morgan fingerprint density at radius 3 is 1.36 bits per heavy atom. The molecular formula is C18H16N4. The molecule has 0 atom stereocenters. The van der Waals surface area contributed by atoms with Crippen LogP contribution in [0.2, 0.25) is 0 Å². The summed E-state index contributed by atoms with van der Waals surface area (Å²) in [7, 11) is 0. The summed E-state index contributed by atoms with van der Waals surface area (Å²) in [4.78, 5) is 8.32. The highest BCUT2D eigenvalue weighted by molar-refractivity contribution is 5.90. The predicted molar refractivity (Wildman–Crippen MR) is 92.3 cm³/mol. The number of fused-ring (bicyclic) bond motifs is 2. The second-order valence-corrected chi connectivity index (χ2v) is 4.83. The van der Waals surface area contributed by atoms with Crippen molar-refractivity contribution in [3.8, 4) is 0 Å². The largest absolute Gasteiger partial charge is 0.398 e. The van der Waals surface area contributed by atoms with E-state index < -0.39 is 0 Å². The molecule has 2 aromatic heterocycles. The molecule has 0 unspecified atom stereocenters. The second kappa shape index (κ2) is 6.10. The maximum absolute atomic E-state index is 5.72. The fraction of sp³-hybridized carbons (Fsp3) is 0. The minimum atomic E-state index is 0.788. The van der Waals surface area contributed by atoms with E-state index in [0.717, 1.165) is 33.2 Å². The number of hydrogen-bond acceptors (Lipinski definition) is 4. The molecule has 0 amide bonds. The summed E-state index contributed by atoms with van der Waals surface area (Å²) >= 11 is 0. The lowest BCUT2D eigenvalue weighted by Crippen LogP contribution is -1.87. The maximum Gasteiger partial charge on any atom is 0.0722 e. The van der Waals surface area contributed by atoms with Gasteiger partial charge in [0, 0.05) is 34.5 Å². The van der Waals surface area contributed by atoms with E-state index in [9.17, 15) is 0 Å². The zero-order valence-corrected chi connectivity index (χ0v) is 12.0. The average Bonchev–Trinajstić information content (AvgIpc) is 2.57. The van der Waals surface area contributed by atoms with Crippen molar-refractivity contribution in [3.05, 3.63) is 73.1 Å². The summed E-state index contributed by atoms with van der Waals surface area (Å²) in [6.07, 6.45) is 3.44. The molecule has 4 rings (SSSR count). The first-order chi connectivity index (χ1) is 10.8. The molecule has 2 aromatic carbocycles. The average molecular weight is 288 g/mol. The lowest BCUT2D eigenvalue weighted by molar-refractivity contribution is 1.41. The van der Waals surface area contributed by atoms with Crippen LogP contribution >= 0.6 is 0 Å². The topological polar surface area (TPSA) is 77.8 Å². The Hall–Kier alpha value is -3.14. The van der Waals surface area contributed by atoms with Crippen LogP contribution in [0.5, 0.6) is 0 Å². The minimum Gasteiger partial charge on any atom is -0.398 e. The molecule has 4 aromatic rings. The van der Waals surface area contributed by atoms with Crippen molar-refractivity contribution in [1.29, 1.82) is 0 Å². The number of benzene rings is 2.